The Morgan fingerprint density at radius 3 is 1.45 bits per heavy atom. The van der Waals surface area contributed by atoms with Gasteiger partial charge in [0, 0.05) is 33.0 Å². The van der Waals surface area contributed by atoms with Crippen LogP contribution in [-0.4, -0.2) is 14.5 Å². The first kappa shape index (κ1) is 31.2. The third kappa shape index (κ3) is 5.13. The van der Waals surface area contributed by atoms with Crippen molar-refractivity contribution in [3.63, 3.8) is 0 Å². The van der Waals surface area contributed by atoms with Crippen molar-refractivity contribution in [1.29, 1.82) is 0 Å². The number of hydrogen-bond donors (Lipinski definition) is 0. The lowest BCUT2D eigenvalue weighted by atomic mass is 9.91. The molecule has 11 rings (SSSR count). The quantitative estimate of drug-likeness (QED) is 0.179. The summed E-state index contributed by atoms with van der Waals surface area (Å²) < 4.78 is 2.37. The molecule has 3 heteroatoms. The van der Waals surface area contributed by atoms with Gasteiger partial charge < -0.3 is 4.57 Å². The molecule has 9 aromatic carbocycles. The normalized spacial score (nSPS) is 11.6. The van der Waals surface area contributed by atoms with Crippen LogP contribution in [0, 0.1) is 0 Å². The van der Waals surface area contributed by atoms with E-state index in [-0.39, 0.29) is 0 Å². The lowest BCUT2D eigenvalue weighted by Gasteiger charge is -2.14. The number of nitrogens with zero attached hydrogens (tertiary/aromatic N) is 3. The molecule has 0 fully saturated rings. The first-order valence-electron chi connectivity index (χ1n) is 18.7. The van der Waals surface area contributed by atoms with Crippen LogP contribution in [0.1, 0.15) is 0 Å². The van der Waals surface area contributed by atoms with E-state index in [1.165, 1.54) is 60.2 Å². The Morgan fingerprint density at radius 1 is 0.309 bits per heavy atom. The second kappa shape index (κ2) is 12.6. The maximum Gasteiger partial charge on any atom is 0.161 e. The summed E-state index contributed by atoms with van der Waals surface area (Å²) in [5.41, 5.74) is 12.3. The molecule has 0 saturated carbocycles. The van der Waals surface area contributed by atoms with Crippen LogP contribution in [0.5, 0.6) is 0 Å². The van der Waals surface area contributed by atoms with Crippen molar-refractivity contribution in [3.8, 4) is 50.6 Å². The minimum Gasteiger partial charge on any atom is -0.309 e. The van der Waals surface area contributed by atoms with Gasteiger partial charge in [0.25, 0.3) is 0 Å². The molecule has 0 atom stereocenters. The molecule has 0 saturated heterocycles. The molecule has 0 radical (unpaired) electrons. The minimum atomic E-state index is 0.735. The van der Waals surface area contributed by atoms with E-state index in [9.17, 15) is 0 Å². The molecule has 2 heterocycles. The van der Waals surface area contributed by atoms with Gasteiger partial charge >= 0.3 is 0 Å². The van der Waals surface area contributed by atoms with Crippen LogP contribution in [-0.2, 0) is 0 Å². The topological polar surface area (TPSA) is 30.7 Å². The highest BCUT2D eigenvalue weighted by atomic mass is 15.0. The van der Waals surface area contributed by atoms with Crippen LogP contribution >= 0.6 is 0 Å². The van der Waals surface area contributed by atoms with Crippen LogP contribution in [0.25, 0.3) is 105 Å². The van der Waals surface area contributed by atoms with E-state index < -0.39 is 0 Å². The highest BCUT2D eigenvalue weighted by Gasteiger charge is 2.16. The Kier molecular flexibility index (Phi) is 7.17. The molecule has 0 unspecified atom stereocenters. The zero-order valence-corrected chi connectivity index (χ0v) is 29.9. The molecule has 256 valence electrons. The summed E-state index contributed by atoms with van der Waals surface area (Å²) in [5.74, 6) is 0.735. The smallest absolute Gasteiger partial charge is 0.161 e. The zero-order chi connectivity index (χ0) is 36.3. The van der Waals surface area contributed by atoms with Gasteiger partial charge in [0.05, 0.1) is 22.2 Å². The molecule has 11 aromatic rings. The summed E-state index contributed by atoms with van der Waals surface area (Å²) >= 11 is 0. The second-order valence-electron chi connectivity index (χ2n) is 14.1. The summed E-state index contributed by atoms with van der Waals surface area (Å²) in [6.07, 6.45) is 0. The fraction of sp³-hybridized carbons (Fsp3) is 0. The molecular weight excluding hydrogens is 667 g/mol. The van der Waals surface area contributed by atoms with Gasteiger partial charge in [0.15, 0.2) is 5.82 Å². The Balaban J connectivity index is 0.971. The first-order valence-corrected chi connectivity index (χ1v) is 18.7. The van der Waals surface area contributed by atoms with Crippen molar-refractivity contribution in [2.45, 2.75) is 0 Å². The molecule has 0 aliphatic rings. The fourth-order valence-corrected chi connectivity index (χ4v) is 8.44. The Morgan fingerprint density at radius 2 is 0.800 bits per heavy atom. The van der Waals surface area contributed by atoms with Crippen LogP contribution in [0.2, 0.25) is 0 Å². The lowest BCUT2D eigenvalue weighted by molar-refractivity contribution is 1.18. The number of hydrogen-bond acceptors (Lipinski definition) is 2. The highest BCUT2D eigenvalue weighted by molar-refractivity contribution is 6.09. The zero-order valence-electron chi connectivity index (χ0n) is 29.9. The molecule has 0 spiro atoms. The predicted octanol–water partition coefficient (Wildman–Crippen LogP) is 13.7. The van der Waals surface area contributed by atoms with E-state index in [2.05, 4.69) is 199 Å². The average Bonchev–Trinajstić information content (AvgIpc) is 3.60. The van der Waals surface area contributed by atoms with Crippen molar-refractivity contribution < 1.29 is 0 Å². The second-order valence-corrected chi connectivity index (χ2v) is 14.1. The molecule has 0 amide bonds. The maximum absolute atomic E-state index is 5.23. The van der Waals surface area contributed by atoms with Gasteiger partial charge in [-0.25, -0.2) is 9.97 Å². The van der Waals surface area contributed by atoms with Gasteiger partial charge in [0.1, 0.15) is 0 Å². The monoisotopic (exact) mass is 699 g/mol. The number of rotatable bonds is 5. The predicted molar refractivity (Wildman–Crippen MR) is 231 cm³/mol. The number of fused-ring (bicyclic) bond motifs is 6. The van der Waals surface area contributed by atoms with E-state index in [4.69, 9.17) is 9.97 Å². The van der Waals surface area contributed by atoms with Gasteiger partial charge in [-0.3, -0.25) is 0 Å². The van der Waals surface area contributed by atoms with Crippen LogP contribution in [0.15, 0.2) is 200 Å². The van der Waals surface area contributed by atoms with Gasteiger partial charge in [-0.05, 0) is 74.1 Å². The Labute approximate surface area is 318 Å². The summed E-state index contributed by atoms with van der Waals surface area (Å²) in [4.78, 5) is 10.3. The van der Waals surface area contributed by atoms with E-state index in [1.54, 1.807) is 0 Å². The van der Waals surface area contributed by atoms with E-state index >= 15 is 0 Å². The molecule has 2 aromatic heterocycles. The summed E-state index contributed by atoms with van der Waals surface area (Å²) in [7, 11) is 0. The van der Waals surface area contributed by atoms with Gasteiger partial charge in [-0.1, -0.05) is 170 Å². The third-order valence-electron chi connectivity index (χ3n) is 11.0. The van der Waals surface area contributed by atoms with Gasteiger partial charge in [-0.15, -0.1) is 0 Å². The summed E-state index contributed by atoms with van der Waals surface area (Å²) in [6, 6.07) is 71.6. The van der Waals surface area contributed by atoms with Gasteiger partial charge in [0.2, 0.25) is 0 Å². The summed E-state index contributed by atoms with van der Waals surface area (Å²) in [6.45, 7) is 0. The number of benzene rings is 9. The van der Waals surface area contributed by atoms with Crippen molar-refractivity contribution in [3.05, 3.63) is 200 Å². The number of para-hydroxylation sites is 3. The standard InChI is InChI=1S/C52H33N3/c1-2-14-39-34(12-1)13-11-20-46(39)52-53-48-21-8-5-19-47(48)51(54-52)37-26-24-35(25-27-37)40-32-33-41(43-16-4-3-15-42(40)43)36-28-30-38(31-29-36)55-49-22-9-6-17-44(49)45-18-7-10-23-50(45)55/h1-33H. The largest absolute Gasteiger partial charge is 0.309 e. The van der Waals surface area contributed by atoms with Crippen molar-refractivity contribution in [2.24, 2.45) is 0 Å². The van der Waals surface area contributed by atoms with Crippen LogP contribution in [0.3, 0.4) is 0 Å². The molecule has 55 heavy (non-hydrogen) atoms. The van der Waals surface area contributed by atoms with Crippen LogP contribution < -0.4 is 0 Å². The molecular formula is C52H33N3. The van der Waals surface area contributed by atoms with E-state index in [0.29, 0.717) is 0 Å². The Bertz CT molecular complexity index is 3190. The lowest BCUT2D eigenvalue weighted by Crippen LogP contribution is -1.96. The average molecular weight is 700 g/mol. The number of aromatic nitrogens is 3. The molecule has 0 bridgehead atoms. The van der Waals surface area contributed by atoms with Crippen molar-refractivity contribution in [1.82, 2.24) is 14.5 Å². The first-order chi connectivity index (χ1) is 27.3. The minimum absolute atomic E-state index is 0.735. The highest BCUT2D eigenvalue weighted by Crippen LogP contribution is 2.39. The SMILES string of the molecule is c1ccc2c(-c3nc(-c4ccc(-c5ccc(-c6ccc(-n7c8ccccc8c8ccccc87)cc6)c6ccccc56)cc4)c4ccccc4n3)cccc2c1. The fourth-order valence-electron chi connectivity index (χ4n) is 8.44. The summed E-state index contributed by atoms with van der Waals surface area (Å²) in [5, 5.41) is 8.37. The molecule has 3 nitrogen and oxygen atoms in total. The van der Waals surface area contributed by atoms with E-state index in [1.807, 2.05) is 6.07 Å². The van der Waals surface area contributed by atoms with Gasteiger partial charge in [-0.2, -0.15) is 0 Å². The van der Waals surface area contributed by atoms with Crippen molar-refractivity contribution in [2.75, 3.05) is 0 Å². The van der Waals surface area contributed by atoms with Crippen molar-refractivity contribution >= 4 is 54.3 Å². The van der Waals surface area contributed by atoms with Crippen LogP contribution in [0.4, 0.5) is 0 Å². The Hall–Kier alpha value is -7.36. The molecule has 0 aliphatic carbocycles. The van der Waals surface area contributed by atoms with E-state index in [0.717, 1.165) is 44.6 Å². The third-order valence-corrected chi connectivity index (χ3v) is 11.0. The molecule has 0 aliphatic heterocycles. The maximum atomic E-state index is 5.23. The molecule has 0 N–H and O–H groups in total.